The van der Waals surface area contributed by atoms with Gasteiger partial charge in [-0.05, 0) is 36.2 Å². The minimum atomic E-state index is -2.32. The maximum absolute atomic E-state index is 13.9. The maximum Gasteiger partial charge on any atom is 0.268 e. The third kappa shape index (κ3) is 3.86. The number of nitrogens with one attached hydrogen (secondary N) is 2. The van der Waals surface area contributed by atoms with Crippen LogP contribution in [0.2, 0.25) is 5.02 Å². The quantitative estimate of drug-likeness (QED) is 0.492. The zero-order valence-electron chi connectivity index (χ0n) is 16.2. The van der Waals surface area contributed by atoms with E-state index in [2.05, 4.69) is 10.6 Å². The van der Waals surface area contributed by atoms with Gasteiger partial charge in [-0.15, -0.1) is 0 Å². The van der Waals surface area contributed by atoms with Crippen LogP contribution in [0.25, 0.3) is 0 Å². The summed E-state index contributed by atoms with van der Waals surface area (Å²) in [5.74, 6) is -3.70. The van der Waals surface area contributed by atoms with E-state index in [1.54, 1.807) is 18.2 Å². The molecule has 1 saturated heterocycles. The number of aryl methyl sites for hydroxylation is 1. The predicted molar refractivity (Wildman–Crippen MR) is 109 cm³/mol. The van der Waals surface area contributed by atoms with E-state index in [1.165, 1.54) is 4.90 Å². The van der Waals surface area contributed by atoms with E-state index in [1.807, 2.05) is 0 Å². The van der Waals surface area contributed by atoms with Crippen molar-refractivity contribution < 1.29 is 28.3 Å². The Kier molecular flexibility index (Phi) is 5.40. The Bertz CT molecular complexity index is 1110. The van der Waals surface area contributed by atoms with E-state index in [-0.39, 0.29) is 36.0 Å². The average Bonchev–Trinajstić information content (AvgIpc) is 3.05. The monoisotopic (exact) mass is 449 g/mol. The highest BCUT2D eigenvalue weighted by atomic mass is 35.5. The van der Waals surface area contributed by atoms with Crippen LogP contribution in [0.1, 0.15) is 24.0 Å². The molecule has 3 N–H and O–H groups in total. The highest BCUT2D eigenvalue weighted by Crippen LogP contribution is 2.33. The maximum atomic E-state index is 13.9. The molecule has 3 amide bonds. The van der Waals surface area contributed by atoms with Crippen molar-refractivity contribution in [3.63, 3.8) is 0 Å². The number of fused-ring (bicyclic) bond motifs is 1. The lowest BCUT2D eigenvalue weighted by molar-refractivity contribution is -0.149. The molecule has 7 nitrogen and oxygen atoms in total. The number of anilines is 2. The third-order valence-electron chi connectivity index (χ3n) is 5.50. The second kappa shape index (κ2) is 7.90. The second-order valence-electron chi connectivity index (χ2n) is 7.50. The van der Waals surface area contributed by atoms with E-state index in [4.69, 9.17) is 11.6 Å². The number of aliphatic hydroxyl groups is 1. The summed E-state index contributed by atoms with van der Waals surface area (Å²) in [5.41, 5.74) is -0.375. The molecule has 2 aromatic rings. The van der Waals surface area contributed by atoms with Crippen molar-refractivity contribution in [1.29, 1.82) is 0 Å². The number of rotatable bonds is 4. The van der Waals surface area contributed by atoms with Gasteiger partial charge in [0.25, 0.3) is 11.8 Å². The van der Waals surface area contributed by atoms with Crippen LogP contribution in [-0.2, 0) is 27.3 Å². The lowest BCUT2D eigenvalue weighted by Crippen LogP contribution is -2.52. The Hall–Kier alpha value is -3.04. The summed E-state index contributed by atoms with van der Waals surface area (Å²) in [6.07, 6.45) is 0.701. The summed E-state index contributed by atoms with van der Waals surface area (Å²) in [6.45, 7) is -0.274. The van der Waals surface area contributed by atoms with Gasteiger partial charge in [0.05, 0.1) is 5.02 Å². The summed E-state index contributed by atoms with van der Waals surface area (Å²) < 4.78 is 27.1. The van der Waals surface area contributed by atoms with Crippen molar-refractivity contribution in [2.24, 2.45) is 0 Å². The summed E-state index contributed by atoms with van der Waals surface area (Å²) in [4.78, 5) is 38.2. The predicted octanol–water partition coefficient (Wildman–Crippen LogP) is 2.29. The third-order valence-corrected chi connectivity index (χ3v) is 5.79. The van der Waals surface area contributed by atoms with Gasteiger partial charge in [0.15, 0.2) is 0 Å². The van der Waals surface area contributed by atoms with Crippen molar-refractivity contribution in [2.75, 3.05) is 16.8 Å². The summed E-state index contributed by atoms with van der Waals surface area (Å²) >= 11 is 5.64. The molecule has 2 heterocycles. The normalized spacial score (nSPS) is 20.5. The number of hydrogen-bond acceptors (Lipinski definition) is 4. The molecule has 4 rings (SSSR count). The van der Waals surface area contributed by atoms with E-state index in [0.29, 0.717) is 30.3 Å². The fourth-order valence-electron chi connectivity index (χ4n) is 3.72. The van der Waals surface area contributed by atoms with Gasteiger partial charge < -0.3 is 20.6 Å². The van der Waals surface area contributed by atoms with Crippen LogP contribution in [0.4, 0.5) is 20.2 Å². The van der Waals surface area contributed by atoms with E-state index < -0.39 is 29.0 Å². The van der Waals surface area contributed by atoms with Crippen LogP contribution in [0.3, 0.4) is 0 Å². The minimum Gasteiger partial charge on any atom is -0.372 e. The summed E-state index contributed by atoms with van der Waals surface area (Å²) in [5, 5.41) is 15.5. The Morgan fingerprint density at radius 1 is 1.19 bits per heavy atom. The fraction of sp³-hybridized carbons (Fsp3) is 0.286. The Morgan fingerprint density at radius 3 is 2.74 bits per heavy atom. The molecule has 0 aromatic heterocycles. The topological polar surface area (TPSA) is 98.7 Å². The number of carbonyl (C=O) groups excluding carboxylic acids is 3. The van der Waals surface area contributed by atoms with Crippen LogP contribution < -0.4 is 15.5 Å². The summed E-state index contributed by atoms with van der Waals surface area (Å²) in [7, 11) is 0. The molecule has 2 aromatic carbocycles. The van der Waals surface area contributed by atoms with Crippen molar-refractivity contribution in [3.05, 3.63) is 58.1 Å². The van der Waals surface area contributed by atoms with E-state index in [0.717, 1.165) is 11.6 Å². The molecular formula is C21H18ClF2N3O4. The van der Waals surface area contributed by atoms with Crippen LogP contribution in [0.5, 0.6) is 0 Å². The lowest BCUT2D eigenvalue weighted by Gasteiger charge is -2.24. The Morgan fingerprint density at radius 2 is 1.97 bits per heavy atom. The highest BCUT2D eigenvalue weighted by molar-refractivity contribution is 6.30. The molecule has 1 unspecified atom stereocenters. The number of carbonyl (C=O) groups is 3. The molecule has 31 heavy (non-hydrogen) atoms. The molecule has 2 aliphatic heterocycles. The van der Waals surface area contributed by atoms with Crippen molar-refractivity contribution in [3.8, 4) is 0 Å². The lowest BCUT2D eigenvalue weighted by atomic mass is 10.0. The molecule has 162 valence electrons. The molecule has 0 aliphatic carbocycles. The fourth-order valence-corrected chi connectivity index (χ4v) is 3.91. The minimum absolute atomic E-state index is 0.0811. The highest BCUT2D eigenvalue weighted by Gasteiger charge is 2.51. The average molecular weight is 450 g/mol. The van der Waals surface area contributed by atoms with Gasteiger partial charge in [0.1, 0.15) is 11.6 Å². The summed E-state index contributed by atoms with van der Waals surface area (Å²) in [6, 6.07) is 6.67. The molecule has 1 atom stereocenters. The number of hydrogen-bond donors (Lipinski definition) is 3. The first-order chi connectivity index (χ1) is 14.7. The Labute approximate surface area is 181 Å². The van der Waals surface area contributed by atoms with Crippen molar-refractivity contribution >= 4 is 40.7 Å². The molecule has 0 spiro atoms. The first-order valence-electron chi connectivity index (χ1n) is 9.58. The molecule has 0 bridgehead atoms. The molecule has 2 aliphatic rings. The van der Waals surface area contributed by atoms with Crippen LogP contribution in [0.15, 0.2) is 30.3 Å². The zero-order chi connectivity index (χ0) is 22.3. The van der Waals surface area contributed by atoms with Gasteiger partial charge >= 0.3 is 0 Å². The van der Waals surface area contributed by atoms with E-state index in [9.17, 15) is 28.3 Å². The number of amides is 3. The SMILES string of the molecule is O=C1CCc2cc(N3CCC(O)(C(=O)NCc4cc(Cl)c(F)cc4F)C3=O)ccc2N1. The number of nitrogens with zero attached hydrogens (tertiary/aromatic N) is 1. The van der Waals surface area contributed by atoms with Crippen LogP contribution >= 0.6 is 11.6 Å². The standard InChI is InChI=1S/C21H18ClF2N3O4/c22-14-8-12(15(23)9-16(14)24)10-25-19(29)21(31)5-6-27(20(21)30)13-2-3-17-11(7-13)1-4-18(28)26-17/h2-3,7-9,31H,1,4-6,10H2,(H,25,29)(H,26,28). The first kappa shape index (κ1) is 21.2. The van der Waals surface area contributed by atoms with Gasteiger partial charge in [-0.1, -0.05) is 11.6 Å². The van der Waals surface area contributed by atoms with Gasteiger partial charge in [0.2, 0.25) is 11.5 Å². The molecule has 0 radical (unpaired) electrons. The van der Waals surface area contributed by atoms with Gasteiger partial charge in [0, 0.05) is 48.9 Å². The van der Waals surface area contributed by atoms with Crippen molar-refractivity contribution in [2.45, 2.75) is 31.4 Å². The first-order valence-corrected chi connectivity index (χ1v) is 9.95. The van der Waals surface area contributed by atoms with Crippen molar-refractivity contribution in [1.82, 2.24) is 5.32 Å². The number of halogens is 3. The van der Waals surface area contributed by atoms with Crippen LogP contribution in [0, 0.1) is 11.6 Å². The molecule has 10 heteroatoms. The second-order valence-corrected chi connectivity index (χ2v) is 7.90. The largest absolute Gasteiger partial charge is 0.372 e. The molecule has 1 fully saturated rings. The van der Waals surface area contributed by atoms with Crippen LogP contribution in [-0.4, -0.2) is 35.0 Å². The van der Waals surface area contributed by atoms with Gasteiger partial charge in [-0.25, -0.2) is 8.78 Å². The van der Waals surface area contributed by atoms with Gasteiger partial charge in [-0.3, -0.25) is 14.4 Å². The Balaban J connectivity index is 1.48. The van der Waals surface area contributed by atoms with Gasteiger partial charge in [-0.2, -0.15) is 0 Å². The smallest absolute Gasteiger partial charge is 0.268 e. The molecule has 0 saturated carbocycles. The van der Waals surface area contributed by atoms with E-state index >= 15 is 0 Å². The molecular weight excluding hydrogens is 432 g/mol. The number of benzene rings is 2. The zero-order valence-corrected chi connectivity index (χ0v) is 16.9.